The van der Waals surface area contributed by atoms with Crippen LogP contribution in [0.1, 0.15) is 21.7 Å². The van der Waals surface area contributed by atoms with Gasteiger partial charge in [0.1, 0.15) is 5.02 Å². The van der Waals surface area contributed by atoms with E-state index < -0.39 is 0 Å². The second kappa shape index (κ2) is 9.77. The Balaban J connectivity index is 1.42. The maximum Gasteiger partial charge on any atom is 0.292 e. The predicted molar refractivity (Wildman–Crippen MR) is 132 cm³/mol. The minimum Gasteiger partial charge on any atom is -0.366 e. The van der Waals surface area contributed by atoms with Crippen LogP contribution in [0.15, 0.2) is 60.0 Å². The molecular weight excluding hydrogens is 438 g/mol. The van der Waals surface area contributed by atoms with E-state index in [2.05, 4.69) is 26.0 Å². The fraction of sp³-hybridized carbons (Fsp3) is 0.320. The number of nitrogens with zero attached hydrogens (tertiary/aromatic N) is 5. The minimum absolute atomic E-state index is 0.122. The van der Waals surface area contributed by atoms with Gasteiger partial charge in [0.2, 0.25) is 0 Å². The average Bonchev–Trinajstić information content (AvgIpc) is 3.11. The molecule has 3 heterocycles. The molecule has 172 valence electrons. The minimum atomic E-state index is -0.340. The van der Waals surface area contributed by atoms with Crippen molar-refractivity contribution in [2.24, 2.45) is 0 Å². The molecule has 0 aliphatic carbocycles. The number of carbonyl (C=O) groups is 1. The molecule has 1 aliphatic rings. The van der Waals surface area contributed by atoms with E-state index in [4.69, 9.17) is 11.6 Å². The second-order valence-corrected chi connectivity index (χ2v) is 8.64. The van der Waals surface area contributed by atoms with Gasteiger partial charge in [-0.25, -0.2) is 0 Å². The molecule has 0 atom stereocenters. The summed E-state index contributed by atoms with van der Waals surface area (Å²) in [5.74, 6) is 0.122. The van der Waals surface area contributed by atoms with Crippen LogP contribution in [0.5, 0.6) is 0 Å². The number of hydrogen-bond acceptors (Lipinski definition) is 5. The van der Waals surface area contributed by atoms with Crippen molar-refractivity contribution in [2.75, 3.05) is 37.6 Å². The molecule has 7 nitrogen and oxygen atoms in total. The van der Waals surface area contributed by atoms with Crippen molar-refractivity contribution in [1.82, 2.24) is 19.2 Å². The van der Waals surface area contributed by atoms with Crippen LogP contribution in [0.2, 0.25) is 5.02 Å². The molecule has 33 heavy (non-hydrogen) atoms. The highest BCUT2D eigenvalue weighted by Crippen LogP contribution is 2.23. The van der Waals surface area contributed by atoms with Crippen molar-refractivity contribution in [2.45, 2.75) is 20.4 Å². The Morgan fingerprint density at radius 2 is 1.85 bits per heavy atom. The Morgan fingerprint density at radius 3 is 2.52 bits per heavy atom. The molecule has 0 unspecified atom stereocenters. The summed E-state index contributed by atoms with van der Waals surface area (Å²) in [5.41, 5.74) is 3.78. The first-order valence-electron chi connectivity index (χ1n) is 11.0. The molecule has 1 saturated heterocycles. The van der Waals surface area contributed by atoms with Gasteiger partial charge in [-0.2, -0.15) is 9.78 Å². The molecule has 0 N–H and O–H groups in total. The summed E-state index contributed by atoms with van der Waals surface area (Å²) in [6.07, 6.45) is 3.48. The molecule has 0 saturated carbocycles. The van der Waals surface area contributed by atoms with E-state index in [0.717, 1.165) is 17.0 Å². The molecule has 8 heteroatoms. The van der Waals surface area contributed by atoms with Gasteiger partial charge in [0.05, 0.1) is 24.1 Å². The highest BCUT2D eigenvalue weighted by atomic mass is 35.5. The normalized spacial score (nSPS) is 14.5. The van der Waals surface area contributed by atoms with Crippen LogP contribution in [-0.4, -0.2) is 57.8 Å². The van der Waals surface area contributed by atoms with Crippen LogP contribution >= 0.6 is 11.6 Å². The molecule has 4 rings (SSSR count). The van der Waals surface area contributed by atoms with Crippen LogP contribution < -0.4 is 10.5 Å². The van der Waals surface area contributed by atoms with Crippen LogP contribution in [-0.2, 0) is 6.54 Å². The maximum atomic E-state index is 13.0. The lowest BCUT2D eigenvalue weighted by Gasteiger charge is -2.35. The zero-order valence-corrected chi connectivity index (χ0v) is 19.8. The Labute approximate surface area is 198 Å². The molecular formula is C25H28ClN5O2. The predicted octanol–water partition coefficient (Wildman–Crippen LogP) is 3.50. The second-order valence-electron chi connectivity index (χ2n) is 8.27. The number of aromatic nitrogens is 3. The highest BCUT2D eigenvalue weighted by molar-refractivity contribution is 6.33. The van der Waals surface area contributed by atoms with Gasteiger partial charge in [0.15, 0.2) is 5.78 Å². The van der Waals surface area contributed by atoms with Crippen molar-refractivity contribution in [3.8, 4) is 5.69 Å². The number of halogens is 1. The average molecular weight is 466 g/mol. The molecule has 0 spiro atoms. The van der Waals surface area contributed by atoms with Gasteiger partial charge in [-0.15, -0.1) is 6.58 Å². The third kappa shape index (κ3) is 4.65. The van der Waals surface area contributed by atoms with Gasteiger partial charge in [-0.3, -0.25) is 14.5 Å². The summed E-state index contributed by atoms with van der Waals surface area (Å²) in [7, 11) is 0. The van der Waals surface area contributed by atoms with Crippen molar-refractivity contribution < 1.29 is 4.79 Å². The lowest BCUT2D eigenvalue weighted by Crippen LogP contribution is -2.48. The summed E-state index contributed by atoms with van der Waals surface area (Å²) >= 11 is 6.45. The van der Waals surface area contributed by atoms with E-state index in [9.17, 15) is 9.59 Å². The number of Topliss-reactive ketones (excluding diaryl/α,β-unsaturated/α-hetero) is 1. The van der Waals surface area contributed by atoms with Gasteiger partial charge >= 0.3 is 0 Å². The van der Waals surface area contributed by atoms with E-state index in [1.165, 1.54) is 4.68 Å². The van der Waals surface area contributed by atoms with Gasteiger partial charge in [0, 0.05) is 49.7 Å². The molecule has 0 radical (unpaired) electrons. The topological polar surface area (TPSA) is 63.4 Å². The molecule has 1 aliphatic heterocycles. The third-order valence-electron chi connectivity index (χ3n) is 6.17. The molecule has 0 bridgehead atoms. The lowest BCUT2D eigenvalue weighted by atomic mass is 10.1. The SMILES string of the molecule is C=CCn1c(C)cc(C(=O)CN2CCN(c3cnn(-c4ccccc4)c(=O)c3Cl)CC2)c1C. The number of hydrogen-bond donors (Lipinski definition) is 0. The zero-order chi connectivity index (χ0) is 23.5. The van der Waals surface area contributed by atoms with Crippen molar-refractivity contribution in [3.05, 3.63) is 87.6 Å². The number of piperazine rings is 1. The van der Waals surface area contributed by atoms with Crippen molar-refractivity contribution in [1.29, 1.82) is 0 Å². The smallest absolute Gasteiger partial charge is 0.292 e. The van der Waals surface area contributed by atoms with E-state index in [0.29, 0.717) is 50.6 Å². The van der Waals surface area contributed by atoms with Crippen LogP contribution in [0.4, 0.5) is 5.69 Å². The van der Waals surface area contributed by atoms with Gasteiger partial charge in [0.25, 0.3) is 5.56 Å². The van der Waals surface area contributed by atoms with E-state index in [1.54, 1.807) is 6.20 Å². The number of aryl methyl sites for hydroxylation is 1. The van der Waals surface area contributed by atoms with Crippen LogP contribution in [0.25, 0.3) is 5.69 Å². The summed E-state index contributed by atoms with van der Waals surface area (Å²) in [6.45, 7) is 11.6. The molecule has 3 aromatic rings. The number of benzene rings is 1. The fourth-order valence-corrected chi connectivity index (χ4v) is 4.57. The first-order chi connectivity index (χ1) is 15.9. The number of anilines is 1. The van der Waals surface area contributed by atoms with E-state index in [1.807, 2.05) is 56.3 Å². The first-order valence-corrected chi connectivity index (χ1v) is 11.4. The monoisotopic (exact) mass is 465 g/mol. The molecule has 1 aromatic carbocycles. The van der Waals surface area contributed by atoms with Gasteiger partial charge in [-0.1, -0.05) is 35.9 Å². The Kier molecular flexibility index (Phi) is 6.81. The van der Waals surface area contributed by atoms with Gasteiger partial charge in [-0.05, 0) is 32.0 Å². The molecule has 0 amide bonds. The molecule has 2 aromatic heterocycles. The van der Waals surface area contributed by atoms with Crippen LogP contribution in [0, 0.1) is 13.8 Å². The Bertz CT molecular complexity index is 1220. The number of carbonyl (C=O) groups excluding carboxylic acids is 1. The highest BCUT2D eigenvalue weighted by Gasteiger charge is 2.24. The number of rotatable bonds is 7. The summed E-state index contributed by atoms with van der Waals surface area (Å²) < 4.78 is 3.41. The summed E-state index contributed by atoms with van der Waals surface area (Å²) in [4.78, 5) is 29.9. The number of para-hydroxylation sites is 1. The standard InChI is InChI=1S/C25H28ClN5O2/c1-4-10-30-18(2)15-21(19(30)3)23(32)17-28-11-13-29(14-12-28)22-16-27-31(25(33)24(22)26)20-8-6-5-7-9-20/h4-9,15-16H,1,10-14,17H2,2-3H3. The quantitative estimate of drug-likeness (QED) is 0.395. The third-order valence-corrected chi connectivity index (χ3v) is 6.52. The van der Waals surface area contributed by atoms with E-state index in [-0.39, 0.29) is 16.4 Å². The van der Waals surface area contributed by atoms with Crippen LogP contribution in [0.3, 0.4) is 0 Å². The Morgan fingerprint density at radius 1 is 1.15 bits per heavy atom. The van der Waals surface area contributed by atoms with Crippen molar-refractivity contribution >= 4 is 23.1 Å². The fourth-order valence-electron chi connectivity index (χ4n) is 4.33. The summed E-state index contributed by atoms with van der Waals surface area (Å²) in [6, 6.07) is 11.2. The maximum absolute atomic E-state index is 13.0. The van der Waals surface area contributed by atoms with Gasteiger partial charge < -0.3 is 9.47 Å². The summed E-state index contributed by atoms with van der Waals surface area (Å²) in [5, 5.41) is 4.49. The number of ketones is 1. The largest absolute Gasteiger partial charge is 0.366 e. The lowest BCUT2D eigenvalue weighted by molar-refractivity contribution is 0.0925. The Hall–Kier alpha value is -3.16. The zero-order valence-electron chi connectivity index (χ0n) is 19.0. The molecule has 1 fully saturated rings. The van der Waals surface area contributed by atoms with Crippen molar-refractivity contribution in [3.63, 3.8) is 0 Å². The number of allylic oxidation sites excluding steroid dienone is 1. The van der Waals surface area contributed by atoms with E-state index >= 15 is 0 Å². The first kappa shape index (κ1) is 23.0.